The van der Waals surface area contributed by atoms with Crippen molar-refractivity contribution in [1.29, 1.82) is 0 Å². The summed E-state index contributed by atoms with van der Waals surface area (Å²) in [5.41, 5.74) is 0. The molecule has 0 bridgehead atoms. The molecule has 0 saturated heterocycles. The van der Waals surface area contributed by atoms with E-state index in [-0.39, 0.29) is 0 Å². The average Bonchev–Trinajstić information content (AvgIpc) is 2.16. The van der Waals surface area contributed by atoms with Gasteiger partial charge in [0.2, 0.25) is 0 Å². The van der Waals surface area contributed by atoms with Gasteiger partial charge in [-0.2, -0.15) is 0 Å². The zero-order chi connectivity index (χ0) is 8.97. The molecule has 72 valence electrons. The van der Waals surface area contributed by atoms with E-state index in [2.05, 4.69) is 6.92 Å². The van der Waals surface area contributed by atoms with Crippen molar-refractivity contribution < 1.29 is 9.47 Å². The summed E-state index contributed by atoms with van der Waals surface area (Å²) in [6.07, 6.45) is 5.64. The molecule has 0 aromatic carbocycles. The first kappa shape index (κ1) is 10.0. The quantitative estimate of drug-likeness (QED) is 0.650. The van der Waals surface area contributed by atoms with Crippen LogP contribution in [0.25, 0.3) is 0 Å². The van der Waals surface area contributed by atoms with Crippen molar-refractivity contribution in [3.63, 3.8) is 0 Å². The Balaban J connectivity index is 2.41. The summed E-state index contributed by atoms with van der Waals surface area (Å²) in [6, 6.07) is 0. The molecule has 0 radical (unpaired) electrons. The molecule has 1 fully saturated rings. The van der Waals surface area contributed by atoms with Gasteiger partial charge in [-0.25, -0.2) is 0 Å². The van der Waals surface area contributed by atoms with Crippen molar-refractivity contribution in [2.45, 2.75) is 44.8 Å². The Bertz CT molecular complexity index is 125. The molecule has 0 aliphatic heterocycles. The lowest BCUT2D eigenvalue weighted by Crippen LogP contribution is -2.33. The number of rotatable bonds is 3. The summed E-state index contributed by atoms with van der Waals surface area (Å²) in [7, 11) is 3.63. The van der Waals surface area contributed by atoms with E-state index in [9.17, 15) is 0 Å². The molecule has 3 unspecified atom stereocenters. The normalized spacial score (nSPS) is 36.8. The minimum atomic E-state index is 0.473. The van der Waals surface area contributed by atoms with Gasteiger partial charge in [0.1, 0.15) is 0 Å². The van der Waals surface area contributed by atoms with E-state index in [1.54, 1.807) is 0 Å². The van der Waals surface area contributed by atoms with Gasteiger partial charge in [-0.15, -0.1) is 0 Å². The minimum absolute atomic E-state index is 0.473. The Morgan fingerprint density at radius 3 is 2.42 bits per heavy atom. The van der Waals surface area contributed by atoms with Crippen LogP contribution >= 0.6 is 0 Å². The Hall–Kier alpha value is -0.0800. The van der Waals surface area contributed by atoms with Gasteiger partial charge >= 0.3 is 0 Å². The second-order valence-electron chi connectivity index (χ2n) is 3.61. The molecule has 0 spiro atoms. The van der Waals surface area contributed by atoms with Gasteiger partial charge in [0.05, 0.1) is 12.2 Å². The molecule has 0 aromatic heterocycles. The minimum Gasteiger partial charge on any atom is -0.381 e. The largest absolute Gasteiger partial charge is 0.381 e. The molecule has 3 atom stereocenters. The molecule has 1 saturated carbocycles. The van der Waals surface area contributed by atoms with Gasteiger partial charge in [-0.05, 0) is 25.2 Å². The molecule has 0 N–H and O–H groups in total. The van der Waals surface area contributed by atoms with Crippen molar-refractivity contribution in [3.8, 4) is 0 Å². The van der Waals surface area contributed by atoms with E-state index >= 15 is 0 Å². The fourth-order valence-electron chi connectivity index (χ4n) is 2.15. The van der Waals surface area contributed by atoms with Gasteiger partial charge in [-0.3, -0.25) is 0 Å². The predicted octanol–water partition coefficient (Wildman–Crippen LogP) is 2.23. The van der Waals surface area contributed by atoms with Gasteiger partial charge in [0.15, 0.2) is 0 Å². The molecule has 0 heterocycles. The third-order valence-electron chi connectivity index (χ3n) is 3.03. The van der Waals surface area contributed by atoms with Crippen molar-refractivity contribution in [1.82, 2.24) is 0 Å². The van der Waals surface area contributed by atoms with E-state index in [4.69, 9.17) is 9.47 Å². The number of hydrogen-bond donors (Lipinski definition) is 0. The van der Waals surface area contributed by atoms with Crippen LogP contribution in [0.1, 0.15) is 32.6 Å². The van der Waals surface area contributed by atoms with E-state index in [1.165, 1.54) is 12.8 Å². The standard InChI is InChI=1S/C10H20O2/c1-4-8-7-9(11-2)5-6-10(8)12-3/h8-10H,4-7H2,1-3H3. The Kier molecular flexibility index (Phi) is 4.02. The summed E-state index contributed by atoms with van der Waals surface area (Å²) >= 11 is 0. The third-order valence-corrected chi connectivity index (χ3v) is 3.03. The van der Waals surface area contributed by atoms with Gasteiger partial charge in [0, 0.05) is 14.2 Å². The summed E-state index contributed by atoms with van der Waals surface area (Å²) < 4.78 is 10.8. The van der Waals surface area contributed by atoms with Crippen LogP contribution in [0.4, 0.5) is 0 Å². The molecular weight excluding hydrogens is 152 g/mol. The maximum Gasteiger partial charge on any atom is 0.0601 e. The van der Waals surface area contributed by atoms with E-state index < -0.39 is 0 Å². The first-order valence-corrected chi connectivity index (χ1v) is 4.87. The zero-order valence-electron chi connectivity index (χ0n) is 8.38. The van der Waals surface area contributed by atoms with Crippen LogP contribution in [-0.2, 0) is 9.47 Å². The monoisotopic (exact) mass is 172 g/mol. The molecular formula is C10H20O2. The molecule has 1 aliphatic rings. The van der Waals surface area contributed by atoms with Crippen molar-refractivity contribution in [2.75, 3.05) is 14.2 Å². The summed E-state index contributed by atoms with van der Waals surface area (Å²) in [6.45, 7) is 2.23. The van der Waals surface area contributed by atoms with Crippen LogP contribution in [0.3, 0.4) is 0 Å². The maximum absolute atomic E-state index is 5.43. The molecule has 0 aromatic rings. The Morgan fingerprint density at radius 2 is 1.92 bits per heavy atom. The SMILES string of the molecule is CCC1CC(OC)CCC1OC. The third kappa shape index (κ3) is 2.20. The van der Waals surface area contributed by atoms with Crippen LogP contribution in [0.15, 0.2) is 0 Å². The summed E-state index contributed by atoms with van der Waals surface area (Å²) in [5, 5.41) is 0. The molecule has 1 rings (SSSR count). The van der Waals surface area contributed by atoms with Crippen molar-refractivity contribution >= 4 is 0 Å². The van der Waals surface area contributed by atoms with Gasteiger partial charge < -0.3 is 9.47 Å². The highest BCUT2D eigenvalue weighted by molar-refractivity contribution is 4.80. The lowest BCUT2D eigenvalue weighted by Gasteiger charge is -2.34. The fourth-order valence-corrected chi connectivity index (χ4v) is 2.15. The highest BCUT2D eigenvalue weighted by Gasteiger charge is 2.28. The van der Waals surface area contributed by atoms with E-state index in [0.717, 1.165) is 12.8 Å². The lowest BCUT2D eigenvalue weighted by atomic mass is 9.83. The lowest BCUT2D eigenvalue weighted by molar-refractivity contribution is -0.0350. The van der Waals surface area contributed by atoms with E-state index in [1.807, 2.05) is 14.2 Å². The maximum atomic E-state index is 5.43. The molecule has 2 nitrogen and oxygen atoms in total. The first-order chi connectivity index (χ1) is 5.81. The molecule has 0 amide bonds. The highest BCUT2D eigenvalue weighted by atomic mass is 16.5. The smallest absolute Gasteiger partial charge is 0.0601 e. The summed E-state index contributed by atoms with van der Waals surface area (Å²) in [5.74, 6) is 0.702. The van der Waals surface area contributed by atoms with Crippen LogP contribution in [-0.4, -0.2) is 26.4 Å². The first-order valence-electron chi connectivity index (χ1n) is 4.87. The fraction of sp³-hybridized carbons (Fsp3) is 1.00. The predicted molar refractivity (Wildman–Crippen MR) is 49.2 cm³/mol. The number of ether oxygens (including phenoxy) is 2. The number of hydrogen-bond acceptors (Lipinski definition) is 2. The van der Waals surface area contributed by atoms with E-state index in [0.29, 0.717) is 18.1 Å². The second kappa shape index (κ2) is 4.83. The topological polar surface area (TPSA) is 18.5 Å². The Labute approximate surface area is 75.2 Å². The van der Waals surface area contributed by atoms with Crippen LogP contribution < -0.4 is 0 Å². The van der Waals surface area contributed by atoms with Gasteiger partial charge in [-0.1, -0.05) is 13.3 Å². The average molecular weight is 172 g/mol. The Morgan fingerprint density at radius 1 is 1.17 bits per heavy atom. The highest BCUT2D eigenvalue weighted by Crippen LogP contribution is 2.30. The van der Waals surface area contributed by atoms with Crippen LogP contribution in [0, 0.1) is 5.92 Å². The van der Waals surface area contributed by atoms with Crippen LogP contribution in [0.5, 0.6) is 0 Å². The van der Waals surface area contributed by atoms with Crippen molar-refractivity contribution in [2.24, 2.45) is 5.92 Å². The zero-order valence-corrected chi connectivity index (χ0v) is 8.38. The van der Waals surface area contributed by atoms with Gasteiger partial charge in [0.25, 0.3) is 0 Å². The van der Waals surface area contributed by atoms with Crippen LogP contribution in [0.2, 0.25) is 0 Å². The number of methoxy groups -OCH3 is 2. The van der Waals surface area contributed by atoms with Crippen molar-refractivity contribution in [3.05, 3.63) is 0 Å². The molecule has 2 heteroatoms. The molecule has 1 aliphatic carbocycles. The molecule has 12 heavy (non-hydrogen) atoms. The second-order valence-corrected chi connectivity index (χ2v) is 3.61. The summed E-state index contributed by atoms with van der Waals surface area (Å²) in [4.78, 5) is 0.